The van der Waals surface area contributed by atoms with Crippen LogP contribution in [0.15, 0.2) is 89.7 Å². The third kappa shape index (κ3) is 10.3. The van der Waals surface area contributed by atoms with Crippen molar-refractivity contribution in [1.29, 1.82) is 5.26 Å². The van der Waals surface area contributed by atoms with Crippen LogP contribution in [0.3, 0.4) is 0 Å². The van der Waals surface area contributed by atoms with E-state index < -0.39 is 0 Å². The first-order chi connectivity index (χ1) is 27.7. The fourth-order valence-electron chi connectivity index (χ4n) is 6.87. The van der Waals surface area contributed by atoms with Crippen molar-refractivity contribution >= 4 is 50.9 Å². The zero-order valence-electron chi connectivity index (χ0n) is 30.9. The normalized spacial score (nSPS) is 16.2. The number of hydrogen-bond acceptors (Lipinski definition) is 9. The van der Waals surface area contributed by atoms with Gasteiger partial charge in [-0.05, 0) is 52.0 Å². The molecule has 2 amide bonds. The number of nitrogens with one attached hydrogen (secondary N) is 4. The lowest BCUT2D eigenvalue weighted by Gasteiger charge is -2.17. The molecule has 4 heterocycles. The smallest absolute Gasteiger partial charge is 0.231 e. The lowest BCUT2D eigenvalue weighted by molar-refractivity contribution is -0.120. The third-order valence-electron chi connectivity index (χ3n) is 9.88. The summed E-state index contributed by atoms with van der Waals surface area (Å²) in [6, 6.07) is 25.9. The summed E-state index contributed by atoms with van der Waals surface area (Å²) in [4.78, 5) is 32.1. The topological polar surface area (TPSA) is 150 Å². The van der Waals surface area contributed by atoms with Gasteiger partial charge in [-0.15, -0.1) is 0 Å². The van der Waals surface area contributed by atoms with Gasteiger partial charge in [0.05, 0.1) is 20.1 Å². The summed E-state index contributed by atoms with van der Waals surface area (Å²) in [5, 5.41) is 23.2. The molecule has 5 aromatic rings. The maximum Gasteiger partial charge on any atom is 0.231 e. The van der Waals surface area contributed by atoms with Crippen LogP contribution < -0.4 is 30.7 Å². The molecular weight excluding hydrogens is 829 g/mol. The number of halogens is 3. The Kier molecular flexibility index (Phi) is 13.4. The molecule has 7 rings (SSSR count). The second kappa shape index (κ2) is 18.9. The van der Waals surface area contributed by atoms with E-state index in [1.54, 1.807) is 12.3 Å². The Morgan fingerprint density at radius 3 is 2.09 bits per heavy atom. The highest BCUT2D eigenvalue weighted by atomic mass is 79.9. The number of rotatable bonds is 16. The first-order valence-corrected chi connectivity index (χ1v) is 20.2. The quantitative estimate of drug-likeness (QED) is 0.0785. The van der Waals surface area contributed by atoms with Crippen LogP contribution in [0.1, 0.15) is 53.5 Å². The lowest BCUT2D eigenvalue weighted by Crippen LogP contribution is -2.35. The summed E-state index contributed by atoms with van der Waals surface area (Å²) in [6.07, 6.45) is 5.91. The molecule has 0 aliphatic carbocycles. The van der Waals surface area contributed by atoms with Gasteiger partial charge in [-0.2, -0.15) is 10.2 Å². The molecule has 3 aromatic carbocycles. The molecule has 2 aromatic heterocycles. The molecule has 292 valence electrons. The minimum atomic E-state index is 0.0621. The molecule has 2 saturated heterocycles. The number of pyridine rings is 2. The zero-order chi connectivity index (χ0) is 39.7. The summed E-state index contributed by atoms with van der Waals surface area (Å²) >= 11 is 17.8. The summed E-state index contributed by atoms with van der Waals surface area (Å²) in [7, 11) is 0. The first kappa shape index (κ1) is 40.2. The molecule has 14 heteroatoms. The molecule has 11 nitrogen and oxygen atoms in total. The second-order valence-electron chi connectivity index (χ2n) is 14.0. The molecule has 57 heavy (non-hydrogen) atoms. The van der Waals surface area contributed by atoms with Gasteiger partial charge in [-0.1, -0.05) is 83.9 Å². The average Bonchev–Trinajstić information content (AvgIpc) is 3.84. The number of carbonyl (C=O) groups excluding carboxylic acids is 2. The summed E-state index contributed by atoms with van der Waals surface area (Å²) in [5.41, 5.74) is 7.24. The van der Waals surface area contributed by atoms with Crippen LogP contribution in [0.25, 0.3) is 22.3 Å². The fourth-order valence-corrected chi connectivity index (χ4v) is 7.97. The van der Waals surface area contributed by atoms with Crippen LogP contribution in [-0.4, -0.2) is 47.0 Å². The highest BCUT2D eigenvalue weighted by molar-refractivity contribution is 9.10. The number of aromatic nitrogens is 2. The van der Waals surface area contributed by atoms with E-state index in [4.69, 9.17) is 37.7 Å². The summed E-state index contributed by atoms with van der Waals surface area (Å²) in [6.45, 7) is 2.73. The maximum absolute atomic E-state index is 11.7. The van der Waals surface area contributed by atoms with Crippen molar-refractivity contribution in [2.24, 2.45) is 0 Å². The fraction of sp³-hybridized carbons (Fsp3) is 0.279. The Morgan fingerprint density at radius 1 is 0.754 bits per heavy atom. The van der Waals surface area contributed by atoms with E-state index in [9.17, 15) is 14.9 Å². The van der Waals surface area contributed by atoms with Crippen molar-refractivity contribution in [1.82, 2.24) is 31.2 Å². The van der Waals surface area contributed by atoms with E-state index in [0.717, 1.165) is 63.9 Å². The maximum atomic E-state index is 11.7. The van der Waals surface area contributed by atoms with Gasteiger partial charge in [0.2, 0.25) is 23.6 Å². The molecule has 0 spiro atoms. The minimum absolute atomic E-state index is 0.0621. The number of benzene rings is 3. The molecule has 4 N–H and O–H groups in total. The number of amides is 2. The van der Waals surface area contributed by atoms with Gasteiger partial charge < -0.3 is 30.7 Å². The van der Waals surface area contributed by atoms with E-state index in [1.807, 2.05) is 42.5 Å². The van der Waals surface area contributed by atoms with E-state index in [0.29, 0.717) is 64.3 Å². The van der Waals surface area contributed by atoms with Crippen LogP contribution in [0, 0.1) is 11.3 Å². The predicted molar refractivity (Wildman–Crippen MR) is 223 cm³/mol. The molecule has 1 unspecified atom stereocenters. The molecule has 0 saturated carbocycles. The van der Waals surface area contributed by atoms with Crippen LogP contribution in [0.5, 0.6) is 11.8 Å². The predicted octanol–water partition coefficient (Wildman–Crippen LogP) is 7.65. The van der Waals surface area contributed by atoms with Gasteiger partial charge >= 0.3 is 0 Å². The van der Waals surface area contributed by atoms with Crippen molar-refractivity contribution in [3.8, 4) is 40.1 Å². The minimum Gasteiger partial charge on any atom is -0.472 e. The second-order valence-corrected chi connectivity index (χ2v) is 15.6. The monoisotopic (exact) mass is 867 g/mol. The van der Waals surface area contributed by atoms with Crippen molar-refractivity contribution < 1.29 is 19.1 Å². The molecule has 2 aliphatic heterocycles. The van der Waals surface area contributed by atoms with Crippen LogP contribution >= 0.6 is 39.1 Å². The standard InChI is InChI=1S/C43H40BrCl2N7O4/c44-37-16-31(21-50-23-33-12-14-39(55)52-33)42(56-24-28-15-27(17-47)19-48-20-28)53-43(37)57-25-30-3-1-5-35(40(30)45)36-6-2-4-34(41(36)46)29-9-7-26(8-10-29)18-49-22-32-11-13-38(54)51-32/h1-10,15-16,19-20,32-33,49-50H,11-14,18,21-25H2,(H,51,54)(H,52,55)/t32-,33?/m0/s1. The van der Waals surface area contributed by atoms with E-state index in [1.165, 1.54) is 6.20 Å². The number of carbonyl (C=O) groups is 2. The lowest BCUT2D eigenvalue weighted by atomic mass is 9.97. The van der Waals surface area contributed by atoms with Gasteiger partial charge in [-0.3, -0.25) is 14.6 Å². The van der Waals surface area contributed by atoms with Crippen LogP contribution in [0.2, 0.25) is 10.0 Å². The molecule has 2 atom stereocenters. The van der Waals surface area contributed by atoms with E-state index in [-0.39, 0.29) is 37.1 Å². The van der Waals surface area contributed by atoms with Crippen molar-refractivity contribution in [3.05, 3.63) is 128 Å². The van der Waals surface area contributed by atoms with E-state index >= 15 is 0 Å². The zero-order valence-corrected chi connectivity index (χ0v) is 34.0. The molecular formula is C43H40BrCl2N7O4. The number of nitriles is 1. The Labute approximate surface area is 349 Å². The van der Waals surface area contributed by atoms with Crippen molar-refractivity contribution in [2.75, 3.05) is 13.1 Å². The van der Waals surface area contributed by atoms with Gasteiger partial charge in [0.15, 0.2) is 0 Å². The molecule has 0 bridgehead atoms. The Balaban J connectivity index is 1.05. The van der Waals surface area contributed by atoms with Crippen LogP contribution in [0.4, 0.5) is 0 Å². The van der Waals surface area contributed by atoms with Gasteiger partial charge in [0, 0.05) is 96.9 Å². The highest BCUT2D eigenvalue weighted by Crippen LogP contribution is 2.40. The third-order valence-corrected chi connectivity index (χ3v) is 11.3. The number of nitrogens with zero attached hydrogens (tertiary/aromatic N) is 3. The molecule has 0 radical (unpaired) electrons. The SMILES string of the molecule is N#Cc1cncc(COc2nc(OCc3cccc(-c4cccc(-c5ccc(CNC[C@@H]6CCC(=O)N6)cc5)c4Cl)c3Cl)c(Br)cc2CNCC2CCC(=O)N2)c1. The number of ether oxygens (including phenoxy) is 2. The summed E-state index contributed by atoms with van der Waals surface area (Å²) < 4.78 is 13.1. The van der Waals surface area contributed by atoms with E-state index in [2.05, 4.69) is 72.5 Å². The highest BCUT2D eigenvalue weighted by Gasteiger charge is 2.22. The first-order valence-electron chi connectivity index (χ1n) is 18.7. The molecule has 2 aliphatic rings. The van der Waals surface area contributed by atoms with Gasteiger partial charge in [0.1, 0.15) is 19.3 Å². The van der Waals surface area contributed by atoms with Gasteiger partial charge in [-0.25, -0.2) is 0 Å². The Morgan fingerprint density at radius 2 is 1.40 bits per heavy atom. The Bertz CT molecular complexity index is 2300. The largest absolute Gasteiger partial charge is 0.472 e. The average molecular weight is 870 g/mol. The van der Waals surface area contributed by atoms with Gasteiger partial charge in [0.25, 0.3) is 0 Å². The van der Waals surface area contributed by atoms with Crippen molar-refractivity contribution in [2.45, 2.75) is 64.1 Å². The Hall–Kier alpha value is -5.03. The van der Waals surface area contributed by atoms with Crippen molar-refractivity contribution in [3.63, 3.8) is 0 Å². The molecule has 2 fully saturated rings. The number of hydrogen-bond donors (Lipinski definition) is 4. The van der Waals surface area contributed by atoms with Crippen LogP contribution in [-0.2, 0) is 35.9 Å². The summed E-state index contributed by atoms with van der Waals surface area (Å²) in [5.74, 6) is 0.844.